The predicted molar refractivity (Wildman–Crippen MR) is 106 cm³/mol. The number of hydrogen-bond donors (Lipinski definition) is 1. The minimum Gasteiger partial charge on any atom is -0.466 e. The van der Waals surface area contributed by atoms with Crippen molar-refractivity contribution in [3.05, 3.63) is 12.2 Å². The average molecular weight is 414 g/mol. The van der Waals surface area contributed by atoms with E-state index in [1.54, 1.807) is 0 Å². The number of aliphatic hydroxyl groups is 1. The molecule has 0 rings (SSSR count). The Balaban J connectivity index is 3.53. The van der Waals surface area contributed by atoms with Gasteiger partial charge >= 0.3 is 17.9 Å². The van der Waals surface area contributed by atoms with Crippen molar-refractivity contribution < 1.29 is 38.5 Å². The fraction of sp³-hybridized carbons (Fsp3) is 0.714. The van der Waals surface area contributed by atoms with Crippen molar-refractivity contribution in [2.75, 3.05) is 26.4 Å². The van der Waals surface area contributed by atoms with E-state index in [4.69, 9.17) is 19.3 Å². The van der Waals surface area contributed by atoms with E-state index in [1.165, 1.54) is 6.92 Å². The van der Waals surface area contributed by atoms with Crippen molar-refractivity contribution in [2.24, 2.45) is 0 Å². The second kappa shape index (κ2) is 19.1. The summed E-state index contributed by atoms with van der Waals surface area (Å²) in [5, 5.41) is 8.62. The third-order valence-corrected chi connectivity index (χ3v) is 3.86. The van der Waals surface area contributed by atoms with Crippen molar-refractivity contribution in [1.29, 1.82) is 0 Å². The number of unbranched alkanes of at least 4 members (excludes halogenated alkanes) is 5. The summed E-state index contributed by atoms with van der Waals surface area (Å²) < 4.78 is 15.0. The second-order valence-corrected chi connectivity index (χ2v) is 6.64. The molecule has 0 saturated carbocycles. The third kappa shape index (κ3) is 20.3. The molecule has 0 spiro atoms. The third-order valence-electron chi connectivity index (χ3n) is 3.86. The average Bonchev–Trinajstić information content (AvgIpc) is 2.68. The number of esters is 3. The molecular weight excluding hydrogens is 380 g/mol. The van der Waals surface area contributed by atoms with E-state index in [1.807, 2.05) is 0 Å². The highest BCUT2D eigenvalue weighted by molar-refractivity contribution is 5.91. The predicted octanol–water partition coefficient (Wildman–Crippen LogP) is 2.65. The van der Waals surface area contributed by atoms with E-state index in [-0.39, 0.29) is 31.6 Å². The zero-order valence-corrected chi connectivity index (χ0v) is 17.4. The highest BCUT2D eigenvalue weighted by Gasteiger charge is 2.04. The molecule has 1 N–H and O–H groups in total. The molecule has 8 nitrogen and oxygen atoms in total. The SMILES string of the molecule is CC(=O)CCCCC(=O)OCCCCCOC(=O)/C=C\C(=O)OCCCCCO. The van der Waals surface area contributed by atoms with Crippen molar-refractivity contribution in [3.63, 3.8) is 0 Å². The van der Waals surface area contributed by atoms with Crippen LogP contribution in [-0.4, -0.2) is 55.2 Å². The van der Waals surface area contributed by atoms with Crippen LogP contribution in [0.15, 0.2) is 12.2 Å². The van der Waals surface area contributed by atoms with Crippen LogP contribution in [0.1, 0.15) is 71.1 Å². The first kappa shape index (κ1) is 26.8. The summed E-state index contributed by atoms with van der Waals surface area (Å²) in [5.74, 6) is -1.35. The molecule has 0 saturated heterocycles. The van der Waals surface area contributed by atoms with Crippen LogP contribution in [0.5, 0.6) is 0 Å². The molecule has 0 aromatic carbocycles. The Labute approximate surface area is 172 Å². The first-order valence-electron chi connectivity index (χ1n) is 10.2. The van der Waals surface area contributed by atoms with Crippen molar-refractivity contribution >= 4 is 23.7 Å². The number of ether oxygens (including phenoxy) is 3. The van der Waals surface area contributed by atoms with E-state index >= 15 is 0 Å². The molecule has 0 bridgehead atoms. The van der Waals surface area contributed by atoms with Gasteiger partial charge in [0.2, 0.25) is 0 Å². The molecule has 0 atom stereocenters. The van der Waals surface area contributed by atoms with Gasteiger partial charge in [-0.1, -0.05) is 0 Å². The molecule has 0 radical (unpaired) electrons. The van der Waals surface area contributed by atoms with Crippen molar-refractivity contribution in [3.8, 4) is 0 Å². The molecule has 0 aliphatic rings. The molecule has 166 valence electrons. The van der Waals surface area contributed by atoms with Gasteiger partial charge in [0, 0.05) is 31.6 Å². The largest absolute Gasteiger partial charge is 0.466 e. The van der Waals surface area contributed by atoms with Crippen molar-refractivity contribution in [2.45, 2.75) is 71.1 Å². The molecule has 0 aliphatic carbocycles. The van der Waals surface area contributed by atoms with Crippen LogP contribution in [0.4, 0.5) is 0 Å². The molecule has 0 amide bonds. The van der Waals surface area contributed by atoms with Crippen LogP contribution in [0, 0.1) is 0 Å². The summed E-state index contributed by atoms with van der Waals surface area (Å²) in [6.45, 7) is 2.45. The Kier molecular flexibility index (Phi) is 17.6. The Morgan fingerprint density at radius 1 is 0.655 bits per heavy atom. The van der Waals surface area contributed by atoms with Crippen LogP contribution in [0.3, 0.4) is 0 Å². The van der Waals surface area contributed by atoms with E-state index in [0.29, 0.717) is 58.0 Å². The molecule has 0 unspecified atom stereocenters. The highest BCUT2D eigenvalue weighted by atomic mass is 16.5. The van der Waals surface area contributed by atoms with Gasteiger partial charge < -0.3 is 24.1 Å². The van der Waals surface area contributed by atoms with E-state index in [2.05, 4.69) is 0 Å². The van der Waals surface area contributed by atoms with Gasteiger partial charge in [0.05, 0.1) is 19.8 Å². The van der Waals surface area contributed by atoms with Crippen LogP contribution < -0.4 is 0 Å². The molecule has 0 aliphatic heterocycles. The van der Waals surface area contributed by atoms with E-state index in [0.717, 1.165) is 25.0 Å². The number of carbonyl (C=O) groups is 4. The lowest BCUT2D eigenvalue weighted by molar-refractivity contribution is -0.144. The lowest BCUT2D eigenvalue weighted by atomic mass is 10.1. The summed E-state index contributed by atoms with van der Waals surface area (Å²) in [6, 6.07) is 0. The number of Topliss-reactive ketones (excluding diaryl/α,β-unsaturated/α-hetero) is 1. The van der Waals surface area contributed by atoms with Crippen LogP contribution >= 0.6 is 0 Å². The maximum absolute atomic E-state index is 11.5. The number of carbonyl (C=O) groups excluding carboxylic acids is 4. The highest BCUT2D eigenvalue weighted by Crippen LogP contribution is 2.03. The quantitative estimate of drug-likeness (QED) is 0.157. The fourth-order valence-corrected chi connectivity index (χ4v) is 2.25. The van der Waals surface area contributed by atoms with Gasteiger partial charge in [-0.15, -0.1) is 0 Å². The van der Waals surface area contributed by atoms with Gasteiger partial charge in [-0.3, -0.25) is 4.79 Å². The Morgan fingerprint density at radius 3 is 1.66 bits per heavy atom. The summed E-state index contributed by atoms with van der Waals surface area (Å²) in [7, 11) is 0. The van der Waals surface area contributed by atoms with Gasteiger partial charge in [0.1, 0.15) is 5.78 Å². The van der Waals surface area contributed by atoms with Crippen LogP contribution in [-0.2, 0) is 33.4 Å². The topological polar surface area (TPSA) is 116 Å². The second-order valence-electron chi connectivity index (χ2n) is 6.64. The molecule has 0 heterocycles. The minimum absolute atomic E-state index is 0.119. The number of ketones is 1. The monoisotopic (exact) mass is 414 g/mol. The molecule has 8 heteroatoms. The van der Waals surface area contributed by atoms with Crippen LogP contribution in [0.25, 0.3) is 0 Å². The van der Waals surface area contributed by atoms with Gasteiger partial charge in [0.25, 0.3) is 0 Å². The smallest absolute Gasteiger partial charge is 0.331 e. The van der Waals surface area contributed by atoms with Crippen molar-refractivity contribution in [1.82, 2.24) is 0 Å². The number of hydrogen-bond acceptors (Lipinski definition) is 8. The van der Waals surface area contributed by atoms with Gasteiger partial charge in [-0.2, -0.15) is 0 Å². The zero-order chi connectivity index (χ0) is 21.7. The molecular formula is C21H34O8. The first-order valence-corrected chi connectivity index (χ1v) is 10.2. The summed E-state index contributed by atoms with van der Waals surface area (Å²) in [5.41, 5.74) is 0. The Hall–Kier alpha value is -2.22. The summed E-state index contributed by atoms with van der Waals surface area (Å²) >= 11 is 0. The maximum Gasteiger partial charge on any atom is 0.331 e. The number of aliphatic hydroxyl groups excluding tert-OH is 1. The Bertz CT molecular complexity index is 513. The van der Waals surface area contributed by atoms with Gasteiger partial charge in [-0.05, 0) is 58.3 Å². The normalized spacial score (nSPS) is 10.7. The van der Waals surface area contributed by atoms with Crippen LogP contribution in [0.2, 0.25) is 0 Å². The van der Waals surface area contributed by atoms with Gasteiger partial charge in [-0.25, -0.2) is 9.59 Å². The molecule has 0 fully saturated rings. The van der Waals surface area contributed by atoms with E-state index in [9.17, 15) is 19.2 Å². The standard InChI is InChI=1S/C21H34O8/c1-18(23)10-4-5-11-19(24)27-16-8-3-9-17-29-21(26)13-12-20(25)28-15-7-2-6-14-22/h12-13,22H,2-11,14-17H2,1H3/b13-12-. The minimum atomic E-state index is -0.612. The maximum atomic E-state index is 11.5. The fourth-order valence-electron chi connectivity index (χ4n) is 2.25. The molecule has 29 heavy (non-hydrogen) atoms. The zero-order valence-electron chi connectivity index (χ0n) is 17.4. The lowest BCUT2D eigenvalue weighted by Gasteiger charge is -2.05. The summed E-state index contributed by atoms with van der Waals surface area (Å²) in [6.07, 6.45) is 8.39. The lowest BCUT2D eigenvalue weighted by Crippen LogP contribution is -2.07. The first-order chi connectivity index (χ1) is 14.0. The Morgan fingerprint density at radius 2 is 1.14 bits per heavy atom. The molecule has 0 aromatic heterocycles. The molecule has 0 aromatic rings. The number of rotatable bonds is 18. The summed E-state index contributed by atoms with van der Waals surface area (Å²) in [4.78, 5) is 45.1. The van der Waals surface area contributed by atoms with E-state index < -0.39 is 11.9 Å². The van der Waals surface area contributed by atoms with Gasteiger partial charge in [0.15, 0.2) is 0 Å².